The Kier molecular flexibility index (Phi) is 3.96. The van der Waals surface area contributed by atoms with Gasteiger partial charge in [0.1, 0.15) is 4.88 Å². The number of nitrogens with one attached hydrogen (secondary N) is 1. The van der Waals surface area contributed by atoms with Gasteiger partial charge in [-0.25, -0.2) is 14.2 Å². The number of aromatic carboxylic acids is 1. The molecule has 2 N–H and O–H groups in total. The summed E-state index contributed by atoms with van der Waals surface area (Å²) >= 11 is 0.981. The van der Waals surface area contributed by atoms with Crippen LogP contribution in [0.3, 0.4) is 0 Å². The van der Waals surface area contributed by atoms with Crippen molar-refractivity contribution in [1.29, 1.82) is 0 Å². The van der Waals surface area contributed by atoms with Crippen LogP contribution in [0.15, 0.2) is 24.4 Å². The van der Waals surface area contributed by atoms with Gasteiger partial charge in [-0.2, -0.15) is 0 Å². The molecule has 19 heavy (non-hydrogen) atoms. The molecule has 100 valence electrons. The Labute approximate surface area is 112 Å². The van der Waals surface area contributed by atoms with Crippen molar-refractivity contribution in [1.82, 2.24) is 4.98 Å². The third-order valence-electron chi connectivity index (χ3n) is 2.20. The number of hydrogen-bond donors (Lipinski definition) is 2. The molecule has 0 bridgehead atoms. The molecule has 0 aliphatic carbocycles. The van der Waals surface area contributed by atoms with Crippen LogP contribution in [-0.2, 0) is 0 Å². The summed E-state index contributed by atoms with van der Waals surface area (Å²) in [5.74, 6) is -1.34. The van der Waals surface area contributed by atoms with Crippen molar-refractivity contribution < 1.29 is 19.0 Å². The molecule has 7 heteroatoms. The highest BCUT2D eigenvalue weighted by molar-refractivity contribution is 7.17. The van der Waals surface area contributed by atoms with Gasteiger partial charge in [-0.15, -0.1) is 0 Å². The van der Waals surface area contributed by atoms with Gasteiger partial charge in [0.25, 0.3) is 0 Å². The fourth-order valence-electron chi connectivity index (χ4n) is 1.41. The smallest absolute Gasteiger partial charge is 0.347 e. The van der Waals surface area contributed by atoms with Crippen LogP contribution < -0.4 is 10.1 Å². The molecular weight excluding hydrogens is 271 g/mol. The molecule has 0 saturated carbocycles. The van der Waals surface area contributed by atoms with Gasteiger partial charge in [-0.3, -0.25) is 0 Å². The summed E-state index contributed by atoms with van der Waals surface area (Å²) in [6.07, 6.45) is 1.25. The number of thiazole rings is 1. The van der Waals surface area contributed by atoms with Crippen LogP contribution in [0.1, 0.15) is 16.6 Å². The first kappa shape index (κ1) is 13.3. The third kappa shape index (κ3) is 3.19. The van der Waals surface area contributed by atoms with Crippen LogP contribution in [0.2, 0.25) is 0 Å². The number of halogens is 1. The summed E-state index contributed by atoms with van der Waals surface area (Å²) < 4.78 is 18.7. The van der Waals surface area contributed by atoms with Gasteiger partial charge in [0.15, 0.2) is 16.7 Å². The van der Waals surface area contributed by atoms with Crippen molar-refractivity contribution in [3.8, 4) is 5.75 Å². The largest absolute Gasteiger partial charge is 0.491 e. The molecular formula is C12H11FN2O3S. The zero-order valence-corrected chi connectivity index (χ0v) is 10.8. The van der Waals surface area contributed by atoms with Gasteiger partial charge in [-0.1, -0.05) is 11.3 Å². The maximum absolute atomic E-state index is 13.6. The standard InChI is InChI=1S/C12H11FN2O3S/c1-2-18-9-4-3-7(5-8(9)13)15-12-14-6-10(19-12)11(16)17/h3-6H,2H2,1H3,(H,14,15)(H,16,17). The Balaban J connectivity index is 2.14. The van der Waals surface area contributed by atoms with E-state index in [9.17, 15) is 9.18 Å². The molecule has 5 nitrogen and oxygen atoms in total. The van der Waals surface area contributed by atoms with Gasteiger partial charge in [0, 0.05) is 11.8 Å². The predicted molar refractivity (Wildman–Crippen MR) is 69.9 cm³/mol. The molecule has 2 aromatic rings. The van der Waals surface area contributed by atoms with Crippen molar-refractivity contribution in [3.05, 3.63) is 35.1 Å². The summed E-state index contributed by atoms with van der Waals surface area (Å²) in [7, 11) is 0. The van der Waals surface area contributed by atoms with Crippen LogP contribution >= 0.6 is 11.3 Å². The number of aromatic nitrogens is 1. The van der Waals surface area contributed by atoms with Crippen LogP contribution in [-0.4, -0.2) is 22.7 Å². The molecule has 0 saturated heterocycles. The number of hydrogen-bond acceptors (Lipinski definition) is 5. The van der Waals surface area contributed by atoms with Crippen LogP contribution in [0.4, 0.5) is 15.2 Å². The van der Waals surface area contributed by atoms with Gasteiger partial charge in [-0.05, 0) is 19.1 Å². The number of rotatable bonds is 5. The lowest BCUT2D eigenvalue weighted by Crippen LogP contribution is -1.96. The first-order valence-electron chi connectivity index (χ1n) is 5.48. The fourth-order valence-corrected chi connectivity index (χ4v) is 2.08. The summed E-state index contributed by atoms with van der Waals surface area (Å²) in [5.41, 5.74) is 0.479. The van der Waals surface area contributed by atoms with Crippen molar-refractivity contribution in [3.63, 3.8) is 0 Å². The quantitative estimate of drug-likeness (QED) is 0.881. The Hall–Kier alpha value is -2.15. The first-order valence-corrected chi connectivity index (χ1v) is 6.30. The van der Waals surface area contributed by atoms with Crippen molar-refractivity contribution in [2.75, 3.05) is 11.9 Å². The summed E-state index contributed by atoms with van der Waals surface area (Å²) in [6, 6.07) is 4.41. The Bertz CT molecular complexity index is 600. The van der Waals surface area contributed by atoms with Crippen LogP contribution in [0, 0.1) is 5.82 Å². The lowest BCUT2D eigenvalue weighted by molar-refractivity contribution is 0.0702. The second kappa shape index (κ2) is 5.66. The minimum absolute atomic E-state index is 0.119. The van der Waals surface area contributed by atoms with Gasteiger partial charge in [0.05, 0.1) is 12.8 Å². The lowest BCUT2D eigenvalue weighted by atomic mass is 10.3. The summed E-state index contributed by atoms with van der Waals surface area (Å²) in [5, 5.41) is 12.0. The molecule has 0 fully saturated rings. The average Bonchev–Trinajstić information content (AvgIpc) is 2.81. The highest BCUT2D eigenvalue weighted by Gasteiger charge is 2.09. The van der Waals surface area contributed by atoms with E-state index in [-0.39, 0.29) is 10.6 Å². The number of nitrogens with zero attached hydrogens (tertiary/aromatic N) is 1. The maximum Gasteiger partial charge on any atom is 0.347 e. The molecule has 1 aromatic heterocycles. The van der Waals surface area contributed by atoms with Crippen LogP contribution in [0.5, 0.6) is 5.75 Å². The van der Waals surface area contributed by atoms with E-state index in [1.165, 1.54) is 18.3 Å². The number of benzene rings is 1. The number of ether oxygens (including phenoxy) is 1. The van der Waals surface area contributed by atoms with E-state index in [1.807, 2.05) is 0 Å². The topological polar surface area (TPSA) is 71.5 Å². The highest BCUT2D eigenvalue weighted by Crippen LogP contribution is 2.26. The minimum atomic E-state index is -1.04. The number of carboxylic acids is 1. The lowest BCUT2D eigenvalue weighted by Gasteiger charge is -2.07. The monoisotopic (exact) mass is 282 g/mol. The van der Waals surface area contributed by atoms with Gasteiger partial charge in [0.2, 0.25) is 0 Å². The van der Waals surface area contributed by atoms with E-state index in [0.29, 0.717) is 17.4 Å². The van der Waals surface area contributed by atoms with Crippen LogP contribution in [0.25, 0.3) is 0 Å². The number of carbonyl (C=O) groups is 1. The normalized spacial score (nSPS) is 10.2. The van der Waals surface area contributed by atoms with E-state index in [4.69, 9.17) is 9.84 Å². The number of carboxylic acid groups (broad SMARTS) is 1. The van der Waals surface area contributed by atoms with Gasteiger partial charge >= 0.3 is 5.97 Å². The molecule has 0 unspecified atom stereocenters. The molecule has 2 rings (SSSR count). The number of anilines is 2. The SMILES string of the molecule is CCOc1ccc(Nc2ncc(C(=O)O)s2)cc1F. The second-order valence-electron chi connectivity index (χ2n) is 3.54. The molecule has 0 aliphatic rings. The zero-order chi connectivity index (χ0) is 13.8. The van der Waals surface area contributed by atoms with E-state index in [2.05, 4.69) is 10.3 Å². The second-order valence-corrected chi connectivity index (χ2v) is 4.57. The van der Waals surface area contributed by atoms with E-state index >= 15 is 0 Å². The molecule has 1 aromatic carbocycles. The highest BCUT2D eigenvalue weighted by atomic mass is 32.1. The first-order chi connectivity index (χ1) is 9.10. The van der Waals surface area contributed by atoms with E-state index in [1.54, 1.807) is 13.0 Å². The third-order valence-corrected chi connectivity index (χ3v) is 3.10. The molecule has 1 heterocycles. The van der Waals surface area contributed by atoms with Crippen molar-refractivity contribution in [2.24, 2.45) is 0 Å². The van der Waals surface area contributed by atoms with Crippen molar-refractivity contribution >= 4 is 28.1 Å². The van der Waals surface area contributed by atoms with E-state index < -0.39 is 11.8 Å². The Morgan fingerprint density at radius 1 is 1.58 bits per heavy atom. The maximum atomic E-state index is 13.6. The molecule has 0 atom stereocenters. The van der Waals surface area contributed by atoms with Crippen molar-refractivity contribution in [2.45, 2.75) is 6.92 Å². The fraction of sp³-hybridized carbons (Fsp3) is 0.167. The zero-order valence-electron chi connectivity index (χ0n) is 10.0. The summed E-state index contributed by atoms with van der Waals surface area (Å²) in [4.78, 5) is 14.7. The van der Waals surface area contributed by atoms with Gasteiger partial charge < -0.3 is 15.2 Å². The predicted octanol–water partition coefficient (Wildman–Crippen LogP) is 3.12. The Morgan fingerprint density at radius 3 is 2.95 bits per heavy atom. The van der Waals surface area contributed by atoms with E-state index in [0.717, 1.165) is 11.3 Å². The molecule has 0 spiro atoms. The Morgan fingerprint density at radius 2 is 2.37 bits per heavy atom. The molecule has 0 aliphatic heterocycles. The minimum Gasteiger partial charge on any atom is -0.491 e. The molecule has 0 amide bonds. The summed E-state index contributed by atoms with van der Waals surface area (Å²) in [6.45, 7) is 2.16. The molecule has 0 radical (unpaired) electrons. The average molecular weight is 282 g/mol.